The summed E-state index contributed by atoms with van der Waals surface area (Å²) in [5.41, 5.74) is 3.13. The van der Waals surface area contributed by atoms with Crippen LogP contribution in [0.5, 0.6) is 0 Å². The van der Waals surface area contributed by atoms with Gasteiger partial charge >= 0.3 is 0 Å². The zero-order valence-corrected chi connectivity index (χ0v) is 14.8. The van der Waals surface area contributed by atoms with Gasteiger partial charge in [-0.3, -0.25) is 9.69 Å². The molecule has 0 N–H and O–H groups in total. The molecule has 0 radical (unpaired) electrons. The van der Waals surface area contributed by atoms with Gasteiger partial charge in [-0.05, 0) is 30.4 Å². The number of hydrogen-bond acceptors (Lipinski definition) is 4. The highest BCUT2D eigenvalue weighted by atomic mass is 16.5. The van der Waals surface area contributed by atoms with Crippen LogP contribution in [-0.2, 0) is 12.0 Å². The number of Topliss-reactive ketones (excluding diaryl/α,β-unsaturated/α-hetero) is 1. The lowest BCUT2D eigenvalue weighted by Gasteiger charge is -2.31. The van der Waals surface area contributed by atoms with Gasteiger partial charge in [-0.25, -0.2) is 0 Å². The normalized spacial score (nSPS) is 19.4. The first kappa shape index (κ1) is 16.9. The van der Waals surface area contributed by atoms with Crippen LogP contribution in [0.4, 0.5) is 0 Å². The van der Waals surface area contributed by atoms with Gasteiger partial charge in [0.25, 0.3) is 0 Å². The van der Waals surface area contributed by atoms with E-state index in [1.165, 1.54) is 5.56 Å². The number of rotatable bonds is 4. The van der Waals surface area contributed by atoms with Crippen molar-refractivity contribution in [3.63, 3.8) is 0 Å². The zero-order valence-electron chi connectivity index (χ0n) is 14.8. The number of carbonyl (C=O) groups is 1. The van der Waals surface area contributed by atoms with E-state index in [1.807, 2.05) is 18.2 Å². The second kappa shape index (κ2) is 6.89. The highest BCUT2D eigenvalue weighted by Gasteiger charge is 2.27. The van der Waals surface area contributed by atoms with E-state index in [2.05, 4.69) is 43.0 Å². The molecule has 1 fully saturated rings. The summed E-state index contributed by atoms with van der Waals surface area (Å²) in [4.78, 5) is 15.1. The molecule has 0 unspecified atom stereocenters. The van der Waals surface area contributed by atoms with E-state index in [1.54, 1.807) is 6.26 Å². The predicted molar refractivity (Wildman–Crippen MR) is 94.0 cm³/mol. The summed E-state index contributed by atoms with van der Waals surface area (Å²) in [5, 5.41) is 3.97. The lowest BCUT2D eigenvalue weighted by atomic mass is 9.85. The average Bonchev–Trinajstić information content (AvgIpc) is 3.07. The van der Waals surface area contributed by atoms with Gasteiger partial charge in [-0.2, -0.15) is 0 Å². The van der Waals surface area contributed by atoms with E-state index in [0.29, 0.717) is 0 Å². The Morgan fingerprint density at radius 3 is 2.62 bits per heavy atom. The lowest BCUT2D eigenvalue weighted by Crippen LogP contribution is -2.38. The lowest BCUT2D eigenvalue weighted by molar-refractivity contribution is 0.0809. The molecule has 4 nitrogen and oxygen atoms in total. The summed E-state index contributed by atoms with van der Waals surface area (Å²) in [5.74, 6) is 0.339. The maximum Gasteiger partial charge on any atom is 0.167 e. The molecule has 1 aliphatic heterocycles. The third-order valence-electron chi connectivity index (χ3n) is 4.79. The quantitative estimate of drug-likeness (QED) is 0.795. The van der Waals surface area contributed by atoms with Crippen LogP contribution in [0.2, 0.25) is 0 Å². The SMILES string of the molecule is CC(C)(C)c1ccc(C(=O)[C@H]2CCCN(Cc3ccon3)C2)cc1. The second-order valence-electron chi connectivity index (χ2n) is 7.76. The largest absolute Gasteiger partial charge is 0.364 e. The molecule has 2 heterocycles. The van der Waals surface area contributed by atoms with E-state index >= 15 is 0 Å². The maximum atomic E-state index is 12.8. The van der Waals surface area contributed by atoms with Crippen LogP contribution < -0.4 is 0 Å². The Morgan fingerprint density at radius 1 is 1.25 bits per heavy atom. The average molecular weight is 326 g/mol. The molecule has 0 spiro atoms. The third-order valence-corrected chi connectivity index (χ3v) is 4.79. The molecule has 0 aliphatic carbocycles. The van der Waals surface area contributed by atoms with E-state index in [9.17, 15) is 4.79 Å². The van der Waals surface area contributed by atoms with E-state index in [-0.39, 0.29) is 17.1 Å². The number of nitrogens with zero attached hydrogens (tertiary/aromatic N) is 2. The Kier molecular flexibility index (Phi) is 4.86. The van der Waals surface area contributed by atoms with Crippen LogP contribution in [0.1, 0.15) is 55.2 Å². The maximum absolute atomic E-state index is 12.8. The molecule has 128 valence electrons. The molecule has 2 aromatic rings. The zero-order chi connectivity index (χ0) is 17.2. The Morgan fingerprint density at radius 2 is 2.00 bits per heavy atom. The Balaban J connectivity index is 1.65. The van der Waals surface area contributed by atoms with E-state index in [4.69, 9.17) is 4.52 Å². The topological polar surface area (TPSA) is 46.3 Å². The summed E-state index contributed by atoms with van der Waals surface area (Å²) in [6.07, 6.45) is 3.61. The fourth-order valence-corrected chi connectivity index (χ4v) is 3.33. The first-order chi connectivity index (χ1) is 11.4. The van der Waals surface area contributed by atoms with Crippen molar-refractivity contribution >= 4 is 5.78 Å². The van der Waals surface area contributed by atoms with Gasteiger partial charge in [0.1, 0.15) is 6.26 Å². The molecule has 24 heavy (non-hydrogen) atoms. The molecule has 1 atom stereocenters. The Hall–Kier alpha value is -1.94. The number of ketones is 1. The number of piperidine rings is 1. The Labute approximate surface area is 143 Å². The van der Waals surface area contributed by atoms with Crippen LogP contribution in [0, 0.1) is 5.92 Å². The van der Waals surface area contributed by atoms with Crippen molar-refractivity contribution in [3.8, 4) is 0 Å². The fourth-order valence-electron chi connectivity index (χ4n) is 3.33. The van der Waals surface area contributed by atoms with Crippen molar-refractivity contribution in [3.05, 3.63) is 53.4 Å². The molecule has 0 saturated carbocycles. The summed E-state index contributed by atoms with van der Waals surface area (Å²) in [7, 11) is 0. The van der Waals surface area contributed by atoms with Crippen molar-refractivity contribution in [2.24, 2.45) is 5.92 Å². The van der Waals surface area contributed by atoms with Crippen LogP contribution in [0.15, 0.2) is 41.1 Å². The highest BCUT2D eigenvalue weighted by Crippen LogP contribution is 2.25. The molecule has 0 amide bonds. The minimum atomic E-state index is 0.0751. The van der Waals surface area contributed by atoms with Crippen molar-refractivity contribution < 1.29 is 9.32 Å². The minimum absolute atomic E-state index is 0.0751. The van der Waals surface area contributed by atoms with Gasteiger partial charge in [-0.15, -0.1) is 0 Å². The van der Waals surface area contributed by atoms with Crippen molar-refractivity contribution in [1.29, 1.82) is 0 Å². The molecule has 1 aromatic carbocycles. The Bertz CT molecular complexity index is 669. The smallest absolute Gasteiger partial charge is 0.167 e. The van der Waals surface area contributed by atoms with Gasteiger partial charge in [0, 0.05) is 30.6 Å². The van der Waals surface area contributed by atoms with Crippen molar-refractivity contribution in [2.75, 3.05) is 13.1 Å². The van der Waals surface area contributed by atoms with Crippen LogP contribution >= 0.6 is 0 Å². The van der Waals surface area contributed by atoms with Gasteiger partial charge < -0.3 is 4.52 Å². The van der Waals surface area contributed by atoms with Crippen molar-refractivity contribution in [1.82, 2.24) is 10.1 Å². The predicted octanol–water partition coefficient (Wildman–Crippen LogP) is 4.07. The van der Waals surface area contributed by atoms with E-state index in [0.717, 1.165) is 43.7 Å². The summed E-state index contributed by atoms with van der Waals surface area (Å²) in [6.45, 7) is 9.13. The van der Waals surface area contributed by atoms with Crippen LogP contribution in [-0.4, -0.2) is 28.9 Å². The number of carbonyl (C=O) groups excluding carboxylic acids is 1. The van der Waals surface area contributed by atoms with Crippen molar-refractivity contribution in [2.45, 2.75) is 45.6 Å². The van der Waals surface area contributed by atoms with Gasteiger partial charge in [0.2, 0.25) is 0 Å². The minimum Gasteiger partial charge on any atom is -0.364 e. The second-order valence-corrected chi connectivity index (χ2v) is 7.76. The molecular formula is C20H26N2O2. The molecule has 4 heteroatoms. The molecule has 0 bridgehead atoms. The molecular weight excluding hydrogens is 300 g/mol. The monoisotopic (exact) mass is 326 g/mol. The number of hydrogen-bond donors (Lipinski definition) is 0. The fraction of sp³-hybridized carbons (Fsp3) is 0.500. The number of likely N-dealkylation sites (tertiary alicyclic amines) is 1. The summed E-state index contributed by atoms with van der Waals surface area (Å²) < 4.78 is 4.89. The summed E-state index contributed by atoms with van der Waals surface area (Å²) >= 11 is 0. The van der Waals surface area contributed by atoms with E-state index < -0.39 is 0 Å². The van der Waals surface area contributed by atoms with Gasteiger partial charge in [0.05, 0.1) is 5.69 Å². The first-order valence-corrected chi connectivity index (χ1v) is 8.70. The molecule has 1 aromatic heterocycles. The first-order valence-electron chi connectivity index (χ1n) is 8.70. The summed E-state index contributed by atoms with van der Waals surface area (Å²) in [6, 6.07) is 10.0. The van der Waals surface area contributed by atoms with Crippen LogP contribution in [0.3, 0.4) is 0 Å². The standard InChI is InChI=1S/C20H26N2O2/c1-20(2,3)17-8-6-15(7-9-17)19(23)16-5-4-11-22(13-16)14-18-10-12-24-21-18/h6-10,12,16H,4-5,11,13-14H2,1-3H3/t16-/m0/s1. The number of benzene rings is 1. The molecule has 1 aliphatic rings. The molecule has 3 rings (SSSR count). The third kappa shape index (κ3) is 3.93. The molecule has 1 saturated heterocycles. The van der Waals surface area contributed by atoms with Crippen LogP contribution in [0.25, 0.3) is 0 Å². The van der Waals surface area contributed by atoms with Gasteiger partial charge in [0.15, 0.2) is 5.78 Å². The van der Waals surface area contributed by atoms with Gasteiger partial charge in [-0.1, -0.05) is 50.2 Å². The number of aromatic nitrogens is 1. The highest BCUT2D eigenvalue weighted by molar-refractivity contribution is 5.98.